The van der Waals surface area contributed by atoms with Gasteiger partial charge in [-0.1, -0.05) is 206 Å². The first-order chi connectivity index (χ1) is 37.1. The van der Waals surface area contributed by atoms with Crippen LogP contribution in [0, 0.1) is 0 Å². The first-order valence-corrected chi connectivity index (χ1v) is 26.3. The summed E-state index contributed by atoms with van der Waals surface area (Å²) in [4.78, 5) is 0. The Kier molecular flexibility index (Phi) is 9.96. The normalized spacial score (nSPS) is 13.5. The van der Waals surface area contributed by atoms with Crippen molar-refractivity contribution in [1.82, 2.24) is 9.13 Å². The molecule has 2 nitrogen and oxygen atoms in total. The fourth-order valence-corrected chi connectivity index (χ4v) is 12.8. The average Bonchev–Trinajstić information content (AvgIpc) is 4.22. The highest BCUT2D eigenvalue weighted by atomic mass is 15.0. The lowest BCUT2D eigenvalue weighted by molar-refractivity contribution is 0.626. The summed E-state index contributed by atoms with van der Waals surface area (Å²) in [6.07, 6.45) is 11.1. The van der Waals surface area contributed by atoms with Crippen LogP contribution >= 0.6 is 0 Å². The van der Waals surface area contributed by atoms with Gasteiger partial charge in [-0.05, 0) is 164 Å². The number of aryl methyl sites for hydroxylation is 1. The molecule has 13 aromatic rings. The first-order valence-electron chi connectivity index (χ1n) is 26.3. The van der Waals surface area contributed by atoms with E-state index in [1.165, 1.54) is 133 Å². The first kappa shape index (κ1) is 43.1. The van der Waals surface area contributed by atoms with Gasteiger partial charge in [-0.15, -0.1) is 0 Å². The second-order valence-corrected chi connectivity index (χ2v) is 20.4. The van der Waals surface area contributed by atoms with Gasteiger partial charge in [-0.2, -0.15) is 0 Å². The number of fused-ring (bicyclic) bond motifs is 13. The van der Waals surface area contributed by atoms with Gasteiger partial charge in [0.2, 0.25) is 0 Å². The summed E-state index contributed by atoms with van der Waals surface area (Å²) in [6.45, 7) is 0. The Labute approximate surface area is 437 Å². The average molecular weight is 955 g/mol. The molecule has 0 N–H and O–H groups in total. The molecular formula is C73H50N2. The van der Waals surface area contributed by atoms with Crippen LogP contribution in [0.4, 0.5) is 0 Å². The van der Waals surface area contributed by atoms with Crippen molar-refractivity contribution in [3.63, 3.8) is 0 Å². The van der Waals surface area contributed by atoms with E-state index >= 15 is 0 Å². The quantitative estimate of drug-likeness (QED) is 0.134. The summed E-state index contributed by atoms with van der Waals surface area (Å²) < 4.78 is 4.74. The van der Waals surface area contributed by atoms with E-state index in [1.54, 1.807) is 0 Å². The highest BCUT2D eigenvalue weighted by Crippen LogP contribution is 2.59. The minimum absolute atomic E-state index is 0.207. The molecule has 2 aliphatic carbocycles. The molecule has 11 aromatic carbocycles. The number of nitrogens with zero attached hydrogens (tertiary/aromatic N) is 2. The predicted molar refractivity (Wildman–Crippen MR) is 317 cm³/mol. The van der Waals surface area contributed by atoms with Crippen LogP contribution in [0.3, 0.4) is 0 Å². The fraction of sp³-hybridized carbons (Fsp3) is 0.0411. The number of hydrogen-bond acceptors (Lipinski definition) is 0. The Morgan fingerprint density at radius 2 is 0.693 bits per heavy atom. The standard InChI is InChI=1S/C73H50N2/c1-3-14-58(15-4-1)74-69-21-11-8-18-62(69)64-45-51(31-41-71(64)74)25-23-49-27-33-53(34-28-49)56-37-39-60-61-40-38-57(48-68(61)73(67(60)47-56)44-43-55-13-7-10-20-66(55)73)54-35-29-50(30-36-54)24-26-52-32-42-72-65(46-52)63-19-9-12-22-70(63)75(72)59-16-5-2-6-17-59/h1-42,45-48H,43-44H2/b25-23+,26-24+. The van der Waals surface area contributed by atoms with Crippen molar-refractivity contribution in [2.24, 2.45) is 0 Å². The molecule has 75 heavy (non-hydrogen) atoms. The van der Waals surface area contributed by atoms with E-state index in [0.717, 1.165) is 12.8 Å². The highest BCUT2D eigenvalue weighted by Gasteiger charge is 2.48. The molecule has 15 rings (SSSR count). The van der Waals surface area contributed by atoms with Crippen LogP contribution in [-0.2, 0) is 11.8 Å². The molecule has 0 amide bonds. The third-order valence-electron chi connectivity index (χ3n) is 16.3. The molecule has 2 aromatic heterocycles. The number of aromatic nitrogens is 2. The predicted octanol–water partition coefficient (Wildman–Crippen LogP) is 18.8. The van der Waals surface area contributed by atoms with Crippen molar-refractivity contribution in [2.45, 2.75) is 18.3 Å². The van der Waals surface area contributed by atoms with E-state index in [-0.39, 0.29) is 5.41 Å². The van der Waals surface area contributed by atoms with Crippen molar-refractivity contribution >= 4 is 67.9 Å². The lowest BCUT2D eigenvalue weighted by atomic mass is 9.72. The molecule has 0 saturated heterocycles. The van der Waals surface area contributed by atoms with E-state index in [1.807, 2.05) is 0 Å². The zero-order valence-corrected chi connectivity index (χ0v) is 41.4. The maximum Gasteiger partial charge on any atom is 0.0541 e. The van der Waals surface area contributed by atoms with Crippen LogP contribution in [-0.4, -0.2) is 9.13 Å². The summed E-state index contributed by atoms with van der Waals surface area (Å²) in [7, 11) is 0. The monoisotopic (exact) mass is 954 g/mol. The van der Waals surface area contributed by atoms with Crippen LogP contribution in [0.1, 0.15) is 50.9 Å². The Morgan fingerprint density at radius 1 is 0.293 bits per heavy atom. The molecule has 2 heteroatoms. The van der Waals surface area contributed by atoms with Crippen molar-refractivity contribution in [1.29, 1.82) is 0 Å². The maximum absolute atomic E-state index is 2.50. The summed E-state index contributed by atoms with van der Waals surface area (Å²) in [6, 6.07) is 94.2. The Bertz CT molecular complexity index is 4170. The lowest BCUT2D eigenvalue weighted by Gasteiger charge is -2.29. The van der Waals surface area contributed by atoms with Crippen LogP contribution in [0.25, 0.3) is 113 Å². The van der Waals surface area contributed by atoms with Crippen LogP contribution < -0.4 is 0 Å². The zero-order chi connectivity index (χ0) is 49.5. The number of rotatable bonds is 8. The van der Waals surface area contributed by atoms with Gasteiger partial charge in [0.15, 0.2) is 0 Å². The Morgan fingerprint density at radius 3 is 1.20 bits per heavy atom. The molecule has 0 atom stereocenters. The van der Waals surface area contributed by atoms with Crippen molar-refractivity contribution < 1.29 is 0 Å². The maximum atomic E-state index is 2.50. The van der Waals surface area contributed by atoms with E-state index in [9.17, 15) is 0 Å². The van der Waals surface area contributed by atoms with Gasteiger partial charge in [-0.25, -0.2) is 0 Å². The molecule has 0 saturated carbocycles. The van der Waals surface area contributed by atoms with Gasteiger partial charge in [0, 0.05) is 38.3 Å². The van der Waals surface area contributed by atoms with Gasteiger partial charge in [0.1, 0.15) is 0 Å². The molecule has 352 valence electrons. The number of para-hydroxylation sites is 4. The summed E-state index contributed by atoms with van der Waals surface area (Å²) in [5.41, 5.74) is 25.2. The smallest absolute Gasteiger partial charge is 0.0541 e. The summed E-state index contributed by atoms with van der Waals surface area (Å²) in [5, 5.41) is 5.05. The lowest BCUT2D eigenvalue weighted by Crippen LogP contribution is -2.23. The fourth-order valence-electron chi connectivity index (χ4n) is 12.8. The van der Waals surface area contributed by atoms with Gasteiger partial charge in [-0.3, -0.25) is 0 Å². The van der Waals surface area contributed by atoms with Crippen molar-refractivity contribution in [2.75, 3.05) is 0 Å². The molecule has 2 aliphatic rings. The molecule has 0 radical (unpaired) electrons. The number of hydrogen-bond donors (Lipinski definition) is 0. The molecule has 0 fully saturated rings. The zero-order valence-electron chi connectivity index (χ0n) is 41.4. The van der Waals surface area contributed by atoms with Crippen LogP contribution in [0.15, 0.2) is 255 Å². The molecule has 1 spiro atoms. The molecule has 0 unspecified atom stereocenters. The topological polar surface area (TPSA) is 9.86 Å². The van der Waals surface area contributed by atoms with Gasteiger partial charge in [0.25, 0.3) is 0 Å². The number of benzene rings is 11. The molecule has 0 aliphatic heterocycles. The molecule has 0 bridgehead atoms. The van der Waals surface area contributed by atoms with E-state index in [4.69, 9.17) is 0 Å². The van der Waals surface area contributed by atoms with Gasteiger partial charge < -0.3 is 9.13 Å². The Balaban J connectivity index is 0.711. The second-order valence-electron chi connectivity index (χ2n) is 20.4. The van der Waals surface area contributed by atoms with E-state index in [0.29, 0.717) is 0 Å². The second kappa shape index (κ2) is 17.3. The third kappa shape index (κ3) is 7.02. The van der Waals surface area contributed by atoms with Crippen LogP contribution in [0.2, 0.25) is 0 Å². The van der Waals surface area contributed by atoms with Gasteiger partial charge >= 0.3 is 0 Å². The van der Waals surface area contributed by atoms with E-state index in [2.05, 4.69) is 288 Å². The molecule has 2 heterocycles. The van der Waals surface area contributed by atoms with Crippen LogP contribution in [0.5, 0.6) is 0 Å². The summed E-state index contributed by atoms with van der Waals surface area (Å²) in [5.74, 6) is 0. The van der Waals surface area contributed by atoms with Crippen molar-refractivity contribution in [3.05, 3.63) is 299 Å². The highest BCUT2D eigenvalue weighted by molar-refractivity contribution is 6.11. The SMILES string of the molecule is C(=C\c1ccc2c(c1)c1ccccc1n2-c1ccccc1)/c1ccc(-c2ccc3c(c2)C2(CCc4ccccc42)c2cc(-c4ccc(/C=C/c5ccc6c(c5)c5ccccc5n6-c5ccccc5)cc4)ccc2-3)cc1. The van der Waals surface area contributed by atoms with E-state index < -0.39 is 0 Å². The largest absolute Gasteiger partial charge is 0.309 e. The minimum Gasteiger partial charge on any atom is -0.309 e. The third-order valence-corrected chi connectivity index (χ3v) is 16.3. The minimum atomic E-state index is -0.207. The Hall–Kier alpha value is -9.50. The molecular weight excluding hydrogens is 905 g/mol. The van der Waals surface area contributed by atoms with Gasteiger partial charge in [0.05, 0.1) is 22.1 Å². The van der Waals surface area contributed by atoms with Crippen molar-refractivity contribution in [3.8, 4) is 44.8 Å². The summed E-state index contributed by atoms with van der Waals surface area (Å²) >= 11 is 0.